The van der Waals surface area contributed by atoms with Gasteiger partial charge in [-0.3, -0.25) is 9.12 Å². The number of unbranched alkanes of at least 4 members (excludes halogenated alkanes) is 1. The van der Waals surface area contributed by atoms with Gasteiger partial charge in [-0.25, -0.2) is 0 Å². The van der Waals surface area contributed by atoms with E-state index in [1.165, 1.54) is 0 Å². The van der Waals surface area contributed by atoms with Gasteiger partial charge in [0, 0.05) is 19.2 Å². The van der Waals surface area contributed by atoms with Crippen LogP contribution in [0.1, 0.15) is 26.2 Å². The Kier molecular flexibility index (Phi) is 7.81. The third-order valence-corrected chi connectivity index (χ3v) is 3.74. The summed E-state index contributed by atoms with van der Waals surface area (Å²) in [5.41, 5.74) is 0. The molecule has 1 unspecified atom stereocenters. The molecule has 5 nitrogen and oxygen atoms in total. The fraction of sp³-hybridized carbons (Fsp3) is 0.818. The molecule has 0 aromatic carbocycles. The molecule has 0 amide bonds. The molecule has 0 aliphatic heterocycles. The van der Waals surface area contributed by atoms with Crippen molar-refractivity contribution in [2.24, 2.45) is 5.92 Å². The second kappa shape index (κ2) is 7.96. The van der Waals surface area contributed by atoms with Crippen LogP contribution in [0.25, 0.3) is 0 Å². The Hall–Kier alpha value is -0.340. The maximum Gasteiger partial charge on any atom is 0.266 e. The smallest absolute Gasteiger partial charge is 0.266 e. The highest BCUT2D eigenvalue weighted by molar-refractivity contribution is 7.85. The minimum atomic E-state index is -3.99. The molecule has 0 aliphatic rings. The monoisotopic (exact) mass is 296 g/mol. The first kappa shape index (κ1) is 17.7. The van der Waals surface area contributed by atoms with Gasteiger partial charge in [0.05, 0.1) is 12.4 Å². The molecule has 7 heteroatoms. The quantitative estimate of drug-likeness (QED) is 0.321. The number of hydrogen-bond acceptors (Lipinski definition) is 4. The van der Waals surface area contributed by atoms with Gasteiger partial charge in [0.1, 0.15) is 0 Å². The number of hydrogen-bond donors (Lipinski definition) is 1. The van der Waals surface area contributed by atoms with Gasteiger partial charge < -0.3 is 4.52 Å². The number of rotatable bonds is 8. The van der Waals surface area contributed by atoms with E-state index in [9.17, 15) is 13.0 Å². The first-order chi connectivity index (χ1) is 8.14. The summed E-state index contributed by atoms with van der Waals surface area (Å²) < 4.78 is 46.7. The molecule has 0 aliphatic carbocycles. The fourth-order valence-corrected chi connectivity index (χ4v) is 2.76. The van der Waals surface area contributed by atoms with Crippen molar-refractivity contribution in [3.05, 3.63) is 0 Å². The molecular formula is C11H21O5PS. The summed E-state index contributed by atoms with van der Waals surface area (Å²) in [5.74, 6) is 4.72. The van der Waals surface area contributed by atoms with Crippen molar-refractivity contribution in [1.29, 1.82) is 0 Å². The van der Waals surface area contributed by atoms with Crippen LogP contribution < -0.4 is 0 Å². The molecule has 0 aromatic rings. The van der Waals surface area contributed by atoms with Gasteiger partial charge in [0.2, 0.25) is 0 Å². The van der Waals surface area contributed by atoms with E-state index in [0.29, 0.717) is 19.4 Å². The van der Waals surface area contributed by atoms with Gasteiger partial charge in [-0.05, 0) is 26.2 Å². The van der Waals surface area contributed by atoms with Crippen LogP contribution in [0.15, 0.2) is 0 Å². The zero-order valence-corrected chi connectivity index (χ0v) is 12.8. The van der Waals surface area contributed by atoms with Gasteiger partial charge in [0.15, 0.2) is 7.37 Å². The van der Waals surface area contributed by atoms with Crippen LogP contribution >= 0.6 is 7.37 Å². The van der Waals surface area contributed by atoms with E-state index in [-0.39, 0.29) is 11.7 Å². The summed E-state index contributed by atoms with van der Waals surface area (Å²) in [4.78, 5) is 0. The summed E-state index contributed by atoms with van der Waals surface area (Å²) in [6.45, 7) is 5.13. The standard InChI is InChI=1S/C11H21O5PS/c1-4-7-11(10-18(13,14)15)8-5-6-9-16-17(2,3)12/h11H,5-6,8-10H2,1-3H3,(H,13,14,15). The zero-order chi connectivity index (χ0) is 14.2. The summed E-state index contributed by atoms with van der Waals surface area (Å²) >= 11 is 0. The SMILES string of the molecule is CC#CC(CCCCOP(C)(C)=O)CS(=O)(=O)O. The maximum atomic E-state index is 11.2. The van der Waals surface area contributed by atoms with E-state index < -0.39 is 17.5 Å². The lowest BCUT2D eigenvalue weighted by Gasteiger charge is -2.10. The highest BCUT2D eigenvalue weighted by Crippen LogP contribution is 2.37. The van der Waals surface area contributed by atoms with Crippen LogP contribution in [-0.2, 0) is 19.2 Å². The average Bonchev–Trinajstić information content (AvgIpc) is 2.13. The second-order valence-electron chi connectivity index (χ2n) is 4.42. The molecule has 0 spiro atoms. The molecule has 1 N–H and O–H groups in total. The van der Waals surface area contributed by atoms with E-state index in [1.54, 1.807) is 20.3 Å². The fourth-order valence-electron chi connectivity index (χ4n) is 1.43. The molecule has 0 bridgehead atoms. The van der Waals surface area contributed by atoms with Crippen LogP contribution in [0.5, 0.6) is 0 Å². The molecule has 106 valence electrons. The van der Waals surface area contributed by atoms with Crippen LogP contribution in [-0.4, -0.2) is 38.7 Å². The minimum absolute atomic E-state index is 0.339. The van der Waals surface area contributed by atoms with E-state index in [4.69, 9.17) is 9.08 Å². The van der Waals surface area contributed by atoms with Crippen molar-refractivity contribution < 1.29 is 22.1 Å². The largest absolute Gasteiger partial charge is 0.329 e. The summed E-state index contributed by atoms with van der Waals surface area (Å²) in [5, 5.41) is 0. The van der Waals surface area contributed by atoms with Crippen LogP contribution in [0.4, 0.5) is 0 Å². The predicted octanol–water partition coefficient (Wildman–Crippen LogP) is 2.24. The molecule has 0 saturated carbocycles. The van der Waals surface area contributed by atoms with Crippen LogP contribution in [0, 0.1) is 17.8 Å². The average molecular weight is 296 g/mol. The van der Waals surface area contributed by atoms with E-state index in [0.717, 1.165) is 6.42 Å². The molecule has 0 fully saturated rings. The highest BCUT2D eigenvalue weighted by Gasteiger charge is 2.14. The predicted molar refractivity (Wildman–Crippen MR) is 72.6 cm³/mol. The van der Waals surface area contributed by atoms with E-state index in [1.807, 2.05) is 0 Å². The Morgan fingerprint density at radius 2 is 1.94 bits per heavy atom. The van der Waals surface area contributed by atoms with Crippen LogP contribution in [0.3, 0.4) is 0 Å². The minimum Gasteiger partial charge on any atom is -0.329 e. The Morgan fingerprint density at radius 1 is 1.33 bits per heavy atom. The zero-order valence-electron chi connectivity index (χ0n) is 11.0. The molecule has 0 aromatic heterocycles. The van der Waals surface area contributed by atoms with Crippen LogP contribution in [0.2, 0.25) is 0 Å². The summed E-state index contributed by atoms with van der Waals surface area (Å²) in [7, 11) is -6.43. The summed E-state index contributed by atoms with van der Waals surface area (Å²) in [6.07, 6.45) is 1.98. The Morgan fingerprint density at radius 3 is 2.39 bits per heavy atom. The molecule has 0 radical (unpaired) electrons. The topological polar surface area (TPSA) is 80.7 Å². The molecule has 1 atom stereocenters. The Bertz CT molecular complexity index is 440. The van der Waals surface area contributed by atoms with Gasteiger partial charge in [-0.15, -0.1) is 5.92 Å². The first-order valence-corrected chi connectivity index (χ1v) is 9.84. The third kappa shape index (κ3) is 12.1. The van der Waals surface area contributed by atoms with Crippen molar-refractivity contribution in [1.82, 2.24) is 0 Å². The maximum absolute atomic E-state index is 11.2. The summed E-state index contributed by atoms with van der Waals surface area (Å²) in [6, 6.07) is 0. The first-order valence-electron chi connectivity index (χ1n) is 5.71. The van der Waals surface area contributed by atoms with Crippen molar-refractivity contribution in [3.8, 4) is 11.8 Å². The lowest BCUT2D eigenvalue weighted by molar-refractivity contribution is 0.307. The van der Waals surface area contributed by atoms with Gasteiger partial charge in [-0.1, -0.05) is 5.92 Å². The van der Waals surface area contributed by atoms with Crippen molar-refractivity contribution in [2.75, 3.05) is 25.7 Å². The van der Waals surface area contributed by atoms with Crippen molar-refractivity contribution in [3.63, 3.8) is 0 Å². The van der Waals surface area contributed by atoms with E-state index in [2.05, 4.69) is 11.8 Å². The van der Waals surface area contributed by atoms with Crippen molar-refractivity contribution >= 4 is 17.5 Å². The normalized spacial score (nSPS) is 13.8. The molecular weight excluding hydrogens is 275 g/mol. The third-order valence-electron chi connectivity index (χ3n) is 2.11. The molecule has 0 saturated heterocycles. The Balaban J connectivity index is 3.98. The van der Waals surface area contributed by atoms with Gasteiger partial charge >= 0.3 is 0 Å². The second-order valence-corrected chi connectivity index (χ2v) is 8.68. The lowest BCUT2D eigenvalue weighted by Crippen LogP contribution is -2.14. The highest BCUT2D eigenvalue weighted by atomic mass is 32.2. The van der Waals surface area contributed by atoms with Gasteiger partial charge in [0.25, 0.3) is 10.1 Å². The van der Waals surface area contributed by atoms with E-state index >= 15 is 0 Å². The van der Waals surface area contributed by atoms with Crippen molar-refractivity contribution in [2.45, 2.75) is 26.2 Å². The Labute approximate surface area is 110 Å². The molecule has 18 heavy (non-hydrogen) atoms. The van der Waals surface area contributed by atoms with Gasteiger partial charge in [-0.2, -0.15) is 8.42 Å². The molecule has 0 heterocycles. The molecule has 0 rings (SSSR count). The lowest BCUT2D eigenvalue weighted by atomic mass is 10.1.